The second-order valence-electron chi connectivity index (χ2n) is 4.00. The number of thiocarbonyl (C=S) groups is 1. The third-order valence-electron chi connectivity index (χ3n) is 2.47. The number of thioether (sulfide) groups is 1. The molecular formula is C12H12N2O2S2. The second kappa shape index (κ2) is 5.49. The van der Waals surface area contributed by atoms with Crippen LogP contribution in [0.4, 0.5) is 5.69 Å². The van der Waals surface area contributed by atoms with Crippen LogP contribution in [0.25, 0.3) is 0 Å². The van der Waals surface area contributed by atoms with E-state index in [2.05, 4.69) is 10.6 Å². The summed E-state index contributed by atoms with van der Waals surface area (Å²) in [6.45, 7) is 1.98. The van der Waals surface area contributed by atoms with Crippen LogP contribution < -0.4 is 10.6 Å². The van der Waals surface area contributed by atoms with Crippen molar-refractivity contribution in [3.63, 3.8) is 0 Å². The predicted molar refractivity (Wildman–Crippen MR) is 76.5 cm³/mol. The Balaban J connectivity index is 1.91. The van der Waals surface area contributed by atoms with Crippen molar-refractivity contribution in [2.75, 3.05) is 5.32 Å². The molecule has 0 saturated carbocycles. The van der Waals surface area contributed by atoms with Gasteiger partial charge in [0, 0.05) is 12.1 Å². The summed E-state index contributed by atoms with van der Waals surface area (Å²) < 4.78 is 0.438. The molecule has 0 radical (unpaired) electrons. The number of amides is 2. The molecule has 4 nitrogen and oxygen atoms in total. The standard InChI is InChI=1S/C12H12N2O2S2/c1-7-2-4-8(5-3-7)13-10(15)6-9-11(16)14-12(17)18-9/h2-5,9H,6H2,1H3,(H,13,15)(H,14,16,17). The van der Waals surface area contributed by atoms with E-state index in [4.69, 9.17) is 12.2 Å². The van der Waals surface area contributed by atoms with Crippen LogP contribution in [-0.4, -0.2) is 21.4 Å². The first-order valence-corrected chi connectivity index (χ1v) is 6.71. The molecule has 18 heavy (non-hydrogen) atoms. The van der Waals surface area contributed by atoms with Gasteiger partial charge in [0.2, 0.25) is 11.8 Å². The lowest BCUT2D eigenvalue weighted by molar-refractivity contribution is -0.122. The molecule has 0 aliphatic carbocycles. The number of carbonyl (C=O) groups is 2. The van der Waals surface area contributed by atoms with Crippen molar-refractivity contribution >= 4 is 45.8 Å². The van der Waals surface area contributed by atoms with E-state index in [0.29, 0.717) is 4.32 Å². The molecule has 1 atom stereocenters. The molecule has 1 unspecified atom stereocenters. The van der Waals surface area contributed by atoms with Gasteiger partial charge in [0.05, 0.1) is 5.25 Å². The van der Waals surface area contributed by atoms with Gasteiger partial charge in [-0.25, -0.2) is 0 Å². The molecule has 2 amide bonds. The van der Waals surface area contributed by atoms with Crippen molar-refractivity contribution < 1.29 is 9.59 Å². The van der Waals surface area contributed by atoms with E-state index >= 15 is 0 Å². The molecule has 0 bridgehead atoms. The van der Waals surface area contributed by atoms with Crippen molar-refractivity contribution in [3.05, 3.63) is 29.8 Å². The normalized spacial score (nSPS) is 18.6. The first-order valence-electron chi connectivity index (χ1n) is 5.42. The highest BCUT2D eigenvalue weighted by molar-refractivity contribution is 8.24. The Morgan fingerprint density at radius 1 is 1.44 bits per heavy atom. The summed E-state index contributed by atoms with van der Waals surface area (Å²) in [4.78, 5) is 23.2. The fraction of sp³-hybridized carbons (Fsp3) is 0.250. The summed E-state index contributed by atoms with van der Waals surface area (Å²) in [5.41, 5.74) is 1.86. The second-order valence-corrected chi connectivity index (χ2v) is 5.88. The zero-order chi connectivity index (χ0) is 13.1. The van der Waals surface area contributed by atoms with Crippen LogP contribution in [-0.2, 0) is 9.59 Å². The van der Waals surface area contributed by atoms with E-state index in [1.807, 2.05) is 31.2 Å². The lowest BCUT2D eigenvalue weighted by Gasteiger charge is -2.07. The molecule has 1 saturated heterocycles. The number of anilines is 1. The van der Waals surface area contributed by atoms with Gasteiger partial charge >= 0.3 is 0 Å². The molecule has 1 aliphatic heterocycles. The summed E-state index contributed by atoms with van der Waals surface area (Å²) in [6, 6.07) is 7.50. The molecule has 94 valence electrons. The van der Waals surface area contributed by atoms with Crippen molar-refractivity contribution in [2.24, 2.45) is 0 Å². The molecule has 0 aromatic heterocycles. The quantitative estimate of drug-likeness (QED) is 0.830. The topological polar surface area (TPSA) is 58.2 Å². The molecule has 2 N–H and O–H groups in total. The van der Waals surface area contributed by atoms with Crippen LogP contribution in [0.2, 0.25) is 0 Å². The number of nitrogens with one attached hydrogen (secondary N) is 2. The van der Waals surface area contributed by atoms with Gasteiger partial charge in [0.15, 0.2) is 0 Å². The minimum atomic E-state index is -0.414. The largest absolute Gasteiger partial charge is 0.326 e. The fourth-order valence-electron chi connectivity index (χ4n) is 1.54. The number of aryl methyl sites for hydroxylation is 1. The molecule has 0 spiro atoms. The van der Waals surface area contributed by atoms with Crippen LogP contribution in [0, 0.1) is 6.92 Å². The highest BCUT2D eigenvalue weighted by Gasteiger charge is 2.30. The van der Waals surface area contributed by atoms with E-state index in [1.54, 1.807) is 0 Å². The highest BCUT2D eigenvalue weighted by atomic mass is 32.2. The lowest BCUT2D eigenvalue weighted by Crippen LogP contribution is -2.27. The van der Waals surface area contributed by atoms with Gasteiger partial charge in [-0.3, -0.25) is 9.59 Å². The Kier molecular flexibility index (Phi) is 3.98. The maximum atomic E-state index is 11.8. The Morgan fingerprint density at radius 3 is 2.67 bits per heavy atom. The summed E-state index contributed by atoms with van der Waals surface area (Å²) >= 11 is 6.09. The molecule has 6 heteroatoms. The van der Waals surface area contributed by atoms with Crippen LogP contribution in [0.15, 0.2) is 24.3 Å². The average molecular weight is 280 g/mol. The summed E-state index contributed by atoms with van der Waals surface area (Å²) in [5, 5.41) is 4.86. The van der Waals surface area contributed by atoms with Gasteiger partial charge in [0.1, 0.15) is 4.32 Å². The van der Waals surface area contributed by atoms with E-state index < -0.39 is 5.25 Å². The van der Waals surface area contributed by atoms with Gasteiger partial charge in [-0.1, -0.05) is 41.7 Å². The van der Waals surface area contributed by atoms with Crippen LogP contribution in [0.1, 0.15) is 12.0 Å². The lowest BCUT2D eigenvalue weighted by atomic mass is 10.2. The molecule has 1 fully saturated rings. The minimum absolute atomic E-state index is 0.129. The Hall–Kier alpha value is -1.40. The molecule has 2 rings (SSSR count). The third kappa shape index (κ3) is 3.30. The Labute approximate surface area is 115 Å². The van der Waals surface area contributed by atoms with Gasteiger partial charge in [-0.05, 0) is 19.1 Å². The fourth-order valence-corrected chi connectivity index (χ4v) is 2.81. The number of rotatable bonds is 3. The maximum absolute atomic E-state index is 11.8. The molecule has 1 aromatic rings. The van der Waals surface area contributed by atoms with E-state index in [1.165, 1.54) is 11.8 Å². The van der Waals surface area contributed by atoms with Crippen LogP contribution in [0.5, 0.6) is 0 Å². The first kappa shape index (κ1) is 13.0. The smallest absolute Gasteiger partial charge is 0.239 e. The zero-order valence-corrected chi connectivity index (χ0v) is 11.4. The number of benzene rings is 1. The minimum Gasteiger partial charge on any atom is -0.326 e. The van der Waals surface area contributed by atoms with Gasteiger partial charge in [0.25, 0.3) is 0 Å². The molecule has 1 heterocycles. The first-order chi connectivity index (χ1) is 8.54. The zero-order valence-electron chi connectivity index (χ0n) is 9.73. The van der Waals surface area contributed by atoms with Crippen molar-refractivity contribution in [1.29, 1.82) is 0 Å². The van der Waals surface area contributed by atoms with Crippen molar-refractivity contribution in [3.8, 4) is 0 Å². The number of carbonyl (C=O) groups excluding carboxylic acids is 2. The Bertz CT molecular complexity index is 499. The molecular weight excluding hydrogens is 268 g/mol. The monoisotopic (exact) mass is 280 g/mol. The molecule has 1 aromatic carbocycles. The van der Waals surface area contributed by atoms with E-state index in [-0.39, 0.29) is 18.2 Å². The maximum Gasteiger partial charge on any atom is 0.239 e. The summed E-state index contributed by atoms with van der Waals surface area (Å²) in [7, 11) is 0. The van der Waals surface area contributed by atoms with E-state index in [9.17, 15) is 9.59 Å². The summed E-state index contributed by atoms with van der Waals surface area (Å²) in [5.74, 6) is -0.375. The van der Waals surface area contributed by atoms with Crippen LogP contribution >= 0.6 is 24.0 Å². The third-order valence-corrected chi connectivity index (χ3v) is 3.85. The van der Waals surface area contributed by atoms with Crippen molar-refractivity contribution in [2.45, 2.75) is 18.6 Å². The molecule has 1 aliphatic rings. The Morgan fingerprint density at radius 2 is 2.11 bits per heavy atom. The van der Waals surface area contributed by atoms with Gasteiger partial charge < -0.3 is 10.6 Å². The highest BCUT2D eigenvalue weighted by Crippen LogP contribution is 2.22. The predicted octanol–water partition coefficient (Wildman–Crippen LogP) is 1.84. The number of hydrogen-bond acceptors (Lipinski definition) is 4. The number of hydrogen-bond donors (Lipinski definition) is 2. The average Bonchev–Trinajstić information content (AvgIpc) is 2.61. The van der Waals surface area contributed by atoms with Gasteiger partial charge in [-0.15, -0.1) is 0 Å². The SMILES string of the molecule is Cc1ccc(NC(=O)CC2SC(=S)NC2=O)cc1. The van der Waals surface area contributed by atoms with Gasteiger partial charge in [-0.2, -0.15) is 0 Å². The van der Waals surface area contributed by atoms with E-state index in [0.717, 1.165) is 11.3 Å². The summed E-state index contributed by atoms with van der Waals surface area (Å²) in [6.07, 6.45) is 0.129. The van der Waals surface area contributed by atoms with Crippen LogP contribution in [0.3, 0.4) is 0 Å². The van der Waals surface area contributed by atoms with Crippen molar-refractivity contribution in [1.82, 2.24) is 5.32 Å².